The second kappa shape index (κ2) is 5.61. The van der Waals surface area contributed by atoms with Crippen LogP contribution in [0.3, 0.4) is 0 Å². The Morgan fingerprint density at radius 2 is 1.93 bits per heavy atom. The molecule has 0 radical (unpaired) electrons. The summed E-state index contributed by atoms with van der Waals surface area (Å²) >= 11 is 0. The van der Waals surface area contributed by atoms with E-state index < -0.39 is 0 Å². The van der Waals surface area contributed by atoms with Crippen molar-refractivity contribution in [2.75, 3.05) is 0 Å². The smallest absolute Gasteiger partial charge is 0.0734 e. The summed E-state index contributed by atoms with van der Waals surface area (Å²) in [5, 5.41) is 0. The van der Waals surface area contributed by atoms with Crippen molar-refractivity contribution in [3.8, 4) is 0 Å². The van der Waals surface area contributed by atoms with Crippen molar-refractivity contribution in [1.82, 2.24) is 0 Å². The standard InChI is InChI=1S/C13H18O/c1-11(2)9-12(3)14-10-13-7-5-4-6-8-13/h4-9,12H,10H2,1-3H3. The Bertz CT molecular complexity index is 283. The summed E-state index contributed by atoms with van der Waals surface area (Å²) in [5.41, 5.74) is 2.52. The van der Waals surface area contributed by atoms with E-state index in [1.54, 1.807) is 0 Å². The average molecular weight is 190 g/mol. The second-order valence-electron chi connectivity index (χ2n) is 3.75. The Labute approximate surface area is 86.4 Å². The number of hydrogen-bond acceptors (Lipinski definition) is 1. The lowest BCUT2D eigenvalue weighted by Gasteiger charge is -2.09. The fraction of sp³-hybridized carbons (Fsp3) is 0.385. The third kappa shape index (κ3) is 4.24. The number of hydrogen-bond donors (Lipinski definition) is 0. The third-order valence-electron chi connectivity index (χ3n) is 1.92. The van der Waals surface area contributed by atoms with Crippen LogP contribution in [0.25, 0.3) is 0 Å². The molecule has 0 spiro atoms. The minimum Gasteiger partial charge on any atom is -0.370 e. The van der Waals surface area contributed by atoms with Gasteiger partial charge < -0.3 is 4.74 Å². The van der Waals surface area contributed by atoms with E-state index in [0.717, 1.165) is 0 Å². The molecule has 0 aromatic heterocycles. The zero-order chi connectivity index (χ0) is 10.4. The largest absolute Gasteiger partial charge is 0.370 e. The van der Waals surface area contributed by atoms with Gasteiger partial charge >= 0.3 is 0 Å². The van der Waals surface area contributed by atoms with Gasteiger partial charge in [-0.25, -0.2) is 0 Å². The van der Waals surface area contributed by atoms with E-state index in [1.807, 2.05) is 18.2 Å². The number of ether oxygens (including phenoxy) is 1. The van der Waals surface area contributed by atoms with E-state index in [9.17, 15) is 0 Å². The SMILES string of the molecule is CC(C)=CC(C)OCc1ccccc1. The van der Waals surface area contributed by atoms with E-state index >= 15 is 0 Å². The summed E-state index contributed by atoms with van der Waals surface area (Å²) in [5.74, 6) is 0. The van der Waals surface area contributed by atoms with Gasteiger partial charge in [0, 0.05) is 0 Å². The highest BCUT2D eigenvalue weighted by Crippen LogP contribution is 2.05. The normalized spacial score (nSPS) is 12.2. The Kier molecular flexibility index (Phi) is 4.41. The first-order valence-electron chi connectivity index (χ1n) is 4.99. The van der Waals surface area contributed by atoms with Crippen molar-refractivity contribution in [1.29, 1.82) is 0 Å². The van der Waals surface area contributed by atoms with Crippen LogP contribution in [0.15, 0.2) is 42.0 Å². The lowest BCUT2D eigenvalue weighted by atomic mass is 10.2. The molecule has 1 unspecified atom stereocenters. The van der Waals surface area contributed by atoms with Gasteiger partial charge in [-0.3, -0.25) is 0 Å². The molecule has 0 N–H and O–H groups in total. The Morgan fingerprint density at radius 1 is 1.29 bits per heavy atom. The van der Waals surface area contributed by atoms with Gasteiger partial charge in [-0.05, 0) is 26.3 Å². The van der Waals surface area contributed by atoms with Crippen LogP contribution in [-0.4, -0.2) is 6.10 Å². The van der Waals surface area contributed by atoms with Crippen molar-refractivity contribution in [3.63, 3.8) is 0 Å². The van der Waals surface area contributed by atoms with E-state index in [-0.39, 0.29) is 6.10 Å². The molecule has 0 saturated heterocycles. The Hall–Kier alpha value is -1.08. The molecular weight excluding hydrogens is 172 g/mol. The van der Waals surface area contributed by atoms with Gasteiger partial charge in [0.05, 0.1) is 12.7 Å². The summed E-state index contributed by atoms with van der Waals surface area (Å²) in [4.78, 5) is 0. The van der Waals surface area contributed by atoms with Gasteiger partial charge in [0.1, 0.15) is 0 Å². The molecule has 0 aliphatic carbocycles. The van der Waals surface area contributed by atoms with E-state index in [0.29, 0.717) is 6.61 Å². The van der Waals surface area contributed by atoms with Gasteiger partial charge in [-0.15, -0.1) is 0 Å². The predicted molar refractivity (Wildman–Crippen MR) is 60.1 cm³/mol. The average Bonchev–Trinajstić information content (AvgIpc) is 2.15. The highest BCUT2D eigenvalue weighted by atomic mass is 16.5. The third-order valence-corrected chi connectivity index (χ3v) is 1.92. The fourth-order valence-corrected chi connectivity index (χ4v) is 1.32. The van der Waals surface area contributed by atoms with Crippen LogP contribution in [0, 0.1) is 0 Å². The van der Waals surface area contributed by atoms with Crippen molar-refractivity contribution < 1.29 is 4.74 Å². The van der Waals surface area contributed by atoms with E-state index in [1.165, 1.54) is 11.1 Å². The highest BCUT2D eigenvalue weighted by molar-refractivity contribution is 5.13. The number of rotatable bonds is 4. The molecular formula is C13H18O. The summed E-state index contributed by atoms with van der Waals surface area (Å²) in [6.45, 7) is 6.92. The second-order valence-corrected chi connectivity index (χ2v) is 3.75. The first-order chi connectivity index (χ1) is 6.68. The summed E-state index contributed by atoms with van der Waals surface area (Å²) in [6.07, 6.45) is 2.32. The molecule has 0 aliphatic heterocycles. The minimum absolute atomic E-state index is 0.195. The maximum atomic E-state index is 5.66. The quantitative estimate of drug-likeness (QED) is 0.660. The molecule has 0 heterocycles. The van der Waals surface area contributed by atoms with E-state index in [4.69, 9.17) is 4.74 Å². The van der Waals surface area contributed by atoms with Crippen LogP contribution in [0.1, 0.15) is 26.3 Å². The molecule has 14 heavy (non-hydrogen) atoms. The van der Waals surface area contributed by atoms with Crippen LogP contribution in [0.5, 0.6) is 0 Å². The van der Waals surface area contributed by atoms with Gasteiger partial charge in [-0.1, -0.05) is 42.0 Å². The molecule has 0 fully saturated rings. The van der Waals surface area contributed by atoms with Crippen molar-refractivity contribution in [2.24, 2.45) is 0 Å². The van der Waals surface area contributed by atoms with Gasteiger partial charge in [0.2, 0.25) is 0 Å². The molecule has 0 amide bonds. The molecule has 1 nitrogen and oxygen atoms in total. The molecule has 76 valence electrons. The fourth-order valence-electron chi connectivity index (χ4n) is 1.32. The molecule has 1 atom stereocenters. The maximum Gasteiger partial charge on any atom is 0.0734 e. The van der Waals surface area contributed by atoms with Crippen LogP contribution in [0.4, 0.5) is 0 Å². The van der Waals surface area contributed by atoms with Gasteiger partial charge in [0.25, 0.3) is 0 Å². The van der Waals surface area contributed by atoms with Crippen LogP contribution in [0.2, 0.25) is 0 Å². The molecule has 1 rings (SSSR count). The van der Waals surface area contributed by atoms with Crippen LogP contribution in [-0.2, 0) is 11.3 Å². The number of allylic oxidation sites excluding steroid dienone is 1. The first-order valence-corrected chi connectivity index (χ1v) is 4.99. The van der Waals surface area contributed by atoms with Gasteiger partial charge in [0.15, 0.2) is 0 Å². The van der Waals surface area contributed by atoms with Gasteiger partial charge in [-0.2, -0.15) is 0 Å². The molecule has 0 aliphatic rings. The van der Waals surface area contributed by atoms with Crippen molar-refractivity contribution in [3.05, 3.63) is 47.5 Å². The van der Waals surface area contributed by atoms with Crippen molar-refractivity contribution >= 4 is 0 Å². The summed E-state index contributed by atoms with van der Waals surface area (Å²) in [6, 6.07) is 10.2. The lowest BCUT2D eigenvalue weighted by molar-refractivity contribution is 0.0836. The maximum absolute atomic E-state index is 5.66. The molecule has 1 aromatic rings. The van der Waals surface area contributed by atoms with Crippen LogP contribution < -0.4 is 0 Å². The lowest BCUT2D eigenvalue weighted by Crippen LogP contribution is -2.04. The zero-order valence-electron chi connectivity index (χ0n) is 9.16. The van der Waals surface area contributed by atoms with Crippen LogP contribution >= 0.6 is 0 Å². The van der Waals surface area contributed by atoms with Crippen molar-refractivity contribution in [2.45, 2.75) is 33.5 Å². The summed E-state index contributed by atoms with van der Waals surface area (Å²) < 4.78 is 5.66. The zero-order valence-corrected chi connectivity index (χ0v) is 9.16. The van der Waals surface area contributed by atoms with E-state index in [2.05, 4.69) is 39.0 Å². The predicted octanol–water partition coefficient (Wildman–Crippen LogP) is 3.56. The Morgan fingerprint density at radius 3 is 2.50 bits per heavy atom. The molecule has 1 heteroatoms. The summed E-state index contributed by atoms with van der Waals surface area (Å²) in [7, 11) is 0. The first kappa shape index (κ1) is 11.0. The molecule has 0 saturated carbocycles. The topological polar surface area (TPSA) is 9.23 Å². The Balaban J connectivity index is 2.38. The molecule has 1 aromatic carbocycles. The minimum atomic E-state index is 0.195. The highest BCUT2D eigenvalue weighted by Gasteiger charge is 1.97. The number of benzene rings is 1. The molecule has 0 bridgehead atoms. The monoisotopic (exact) mass is 190 g/mol.